The monoisotopic (exact) mass is 356 g/mol. The molecule has 3 rings (SSSR count). The number of aliphatic imine (C=N–C) groups is 1. The van der Waals surface area contributed by atoms with Crippen LogP contribution in [0.1, 0.15) is 37.1 Å². The molecule has 1 unspecified atom stereocenters. The molecule has 7 nitrogen and oxygen atoms in total. The molecule has 1 aromatic heterocycles. The van der Waals surface area contributed by atoms with E-state index in [9.17, 15) is 0 Å². The zero-order valence-electron chi connectivity index (χ0n) is 15.8. The molecule has 2 heterocycles. The zero-order valence-corrected chi connectivity index (χ0v) is 15.8. The number of guanidine groups is 1. The molecule has 1 aliphatic heterocycles. The summed E-state index contributed by atoms with van der Waals surface area (Å²) in [4.78, 5) is 11.0. The number of aromatic nitrogens is 3. The number of benzene rings is 1. The van der Waals surface area contributed by atoms with E-state index < -0.39 is 0 Å². The van der Waals surface area contributed by atoms with Crippen LogP contribution in [0.5, 0.6) is 5.75 Å². The molecule has 1 fully saturated rings. The number of hydrogen-bond donors (Lipinski definition) is 2. The van der Waals surface area contributed by atoms with Gasteiger partial charge >= 0.3 is 0 Å². The summed E-state index contributed by atoms with van der Waals surface area (Å²) >= 11 is 0. The molecule has 1 saturated heterocycles. The molecule has 2 N–H and O–H groups in total. The van der Waals surface area contributed by atoms with Crippen LogP contribution in [0.25, 0.3) is 0 Å². The van der Waals surface area contributed by atoms with Crippen LogP contribution >= 0.6 is 0 Å². The zero-order chi connectivity index (χ0) is 18.4. The Balaban J connectivity index is 1.46. The van der Waals surface area contributed by atoms with E-state index in [1.54, 1.807) is 6.33 Å². The number of ether oxygens (including phenoxy) is 1. The minimum atomic E-state index is 0.0558. The largest absolute Gasteiger partial charge is 0.489 e. The Morgan fingerprint density at radius 1 is 1.42 bits per heavy atom. The first-order valence-corrected chi connectivity index (χ1v) is 9.20. The number of H-pyrrole nitrogens is 1. The van der Waals surface area contributed by atoms with E-state index >= 15 is 0 Å². The topological polar surface area (TPSA) is 78.4 Å². The van der Waals surface area contributed by atoms with Crippen molar-refractivity contribution in [2.45, 2.75) is 38.7 Å². The minimum absolute atomic E-state index is 0.0558. The van der Waals surface area contributed by atoms with Crippen molar-refractivity contribution in [3.8, 4) is 5.75 Å². The van der Waals surface area contributed by atoms with Gasteiger partial charge in [0.05, 0.1) is 6.54 Å². The lowest BCUT2D eigenvalue weighted by Gasteiger charge is -2.33. The Kier molecular flexibility index (Phi) is 6.09. The first-order chi connectivity index (χ1) is 12.7. The maximum absolute atomic E-state index is 5.99. The fraction of sp³-hybridized carbons (Fsp3) is 0.526. The molecular formula is C19H28N6O. The number of nitrogens with zero attached hydrogens (tertiary/aromatic N) is 4. The van der Waals surface area contributed by atoms with Gasteiger partial charge in [0.2, 0.25) is 0 Å². The highest BCUT2D eigenvalue weighted by atomic mass is 16.5. The van der Waals surface area contributed by atoms with Crippen molar-refractivity contribution in [3.63, 3.8) is 0 Å². The first kappa shape index (κ1) is 18.2. The third kappa shape index (κ3) is 4.74. The van der Waals surface area contributed by atoms with E-state index in [1.165, 1.54) is 5.56 Å². The van der Waals surface area contributed by atoms with Crippen LogP contribution < -0.4 is 10.1 Å². The normalized spacial score (nSPS) is 17.2. The van der Waals surface area contributed by atoms with Gasteiger partial charge in [0.1, 0.15) is 24.0 Å². The van der Waals surface area contributed by atoms with Gasteiger partial charge < -0.3 is 15.0 Å². The average molecular weight is 356 g/mol. The van der Waals surface area contributed by atoms with Gasteiger partial charge in [-0.1, -0.05) is 12.1 Å². The smallest absolute Gasteiger partial charge is 0.193 e. The summed E-state index contributed by atoms with van der Waals surface area (Å²) in [7, 11) is 1.83. The molecule has 1 atom stereocenters. The second-order valence-electron chi connectivity index (χ2n) is 6.81. The Labute approximate surface area is 154 Å². The Morgan fingerprint density at radius 2 is 2.23 bits per heavy atom. The van der Waals surface area contributed by atoms with Gasteiger partial charge in [-0.25, -0.2) is 4.98 Å². The van der Waals surface area contributed by atoms with Gasteiger partial charge in [-0.3, -0.25) is 10.1 Å². The van der Waals surface area contributed by atoms with Crippen molar-refractivity contribution in [3.05, 3.63) is 42.0 Å². The van der Waals surface area contributed by atoms with Crippen LogP contribution in [-0.2, 0) is 0 Å². The Bertz CT molecular complexity index is 707. The lowest BCUT2D eigenvalue weighted by atomic mass is 9.96. The summed E-state index contributed by atoms with van der Waals surface area (Å²) < 4.78 is 5.99. The fourth-order valence-electron chi connectivity index (χ4n) is 3.31. The van der Waals surface area contributed by atoms with Gasteiger partial charge in [0.25, 0.3) is 0 Å². The van der Waals surface area contributed by atoms with Gasteiger partial charge in [-0.15, -0.1) is 0 Å². The molecule has 7 heteroatoms. The predicted molar refractivity (Wildman–Crippen MR) is 103 cm³/mol. The van der Waals surface area contributed by atoms with Crippen LogP contribution in [0.15, 0.2) is 35.6 Å². The molecule has 0 saturated carbocycles. The highest BCUT2D eigenvalue weighted by Crippen LogP contribution is 2.24. The highest BCUT2D eigenvalue weighted by molar-refractivity contribution is 5.80. The van der Waals surface area contributed by atoms with Crippen molar-refractivity contribution in [2.24, 2.45) is 4.99 Å². The summed E-state index contributed by atoms with van der Waals surface area (Å²) in [6, 6.07) is 8.13. The SMILES string of the molecule is CN=C(NCC(C)Oc1cccc(C)c1)N1CCC(c2ncn[nH]2)CC1. The second kappa shape index (κ2) is 8.69. The van der Waals surface area contributed by atoms with Crippen molar-refractivity contribution >= 4 is 5.96 Å². The predicted octanol–water partition coefficient (Wildman–Crippen LogP) is 2.34. The van der Waals surface area contributed by atoms with Crippen LogP contribution in [0.2, 0.25) is 0 Å². The van der Waals surface area contributed by atoms with Crippen LogP contribution in [0.4, 0.5) is 0 Å². The summed E-state index contributed by atoms with van der Waals surface area (Å²) in [6.07, 6.45) is 3.73. The van der Waals surface area contributed by atoms with E-state index in [0.29, 0.717) is 12.5 Å². The molecule has 0 radical (unpaired) electrons. The second-order valence-corrected chi connectivity index (χ2v) is 6.81. The number of nitrogens with one attached hydrogen (secondary N) is 2. The molecule has 0 spiro atoms. The maximum atomic E-state index is 5.99. The quantitative estimate of drug-likeness (QED) is 0.635. The first-order valence-electron chi connectivity index (χ1n) is 9.20. The standard InChI is InChI=1S/C19H28N6O/c1-14-5-4-6-17(11-14)26-15(2)12-21-19(20-3)25-9-7-16(8-10-25)18-22-13-23-24-18/h4-6,11,13,15-16H,7-10,12H2,1-3H3,(H,20,21)(H,22,23,24). The molecule has 1 aromatic carbocycles. The number of rotatable bonds is 5. The van der Waals surface area contributed by atoms with Crippen molar-refractivity contribution in [1.29, 1.82) is 0 Å². The number of aryl methyl sites for hydroxylation is 1. The molecule has 0 amide bonds. The van der Waals surface area contributed by atoms with Gasteiger partial charge in [0.15, 0.2) is 5.96 Å². The number of hydrogen-bond acceptors (Lipinski definition) is 4. The van der Waals surface area contributed by atoms with E-state index in [2.05, 4.69) is 56.4 Å². The van der Waals surface area contributed by atoms with Crippen LogP contribution in [0, 0.1) is 6.92 Å². The van der Waals surface area contributed by atoms with E-state index in [1.807, 2.05) is 19.2 Å². The number of likely N-dealkylation sites (tertiary alicyclic amines) is 1. The Hall–Kier alpha value is -2.57. The third-order valence-corrected chi connectivity index (χ3v) is 4.70. The molecule has 2 aromatic rings. The lowest BCUT2D eigenvalue weighted by molar-refractivity contribution is 0.220. The van der Waals surface area contributed by atoms with Gasteiger partial charge in [-0.05, 0) is 44.4 Å². The van der Waals surface area contributed by atoms with Gasteiger partial charge in [-0.2, -0.15) is 5.10 Å². The summed E-state index contributed by atoms with van der Waals surface area (Å²) in [6.45, 7) is 6.76. The lowest BCUT2D eigenvalue weighted by Crippen LogP contribution is -2.47. The van der Waals surface area contributed by atoms with Crippen LogP contribution in [0.3, 0.4) is 0 Å². The Morgan fingerprint density at radius 3 is 2.88 bits per heavy atom. The van der Waals surface area contributed by atoms with Gasteiger partial charge in [0, 0.05) is 26.1 Å². The highest BCUT2D eigenvalue weighted by Gasteiger charge is 2.24. The summed E-state index contributed by atoms with van der Waals surface area (Å²) in [5, 5.41) is 10.4. The minimum Gasteiger partial charge on any atom is -0.489 e. The summed E-state index contributed by atoms with van der Waals surface area (Å²) in [5.41, 5.74) is 1.20. The molecule has 26 heavy (non-hydrogen) atoms. The number of aromatic amines is 1. The van der Waals surface area contributed by atoms with Crippen molar-refractivity contribution < 1.29 is 4.74 Å². The molecule has 0 bridgehead atoms. The maximum Gasteiger partial charge on any atom is 0.193 e. The fourth-order valence-corrected chi connectivity index (χ4v) is 3.31. The summed E-state index contributed by atoms with van der Waals surface area (Å²) in [5.74, 6) is 3.28. The molecule has 1 aliphatic rings. The average Bonchev–Trinajstić information content (AvgIpc) is 3.17. The molecule has 140 valence electrons. The molecular weight excluding hydrogens is 328 g/mol. The van der Waals surface area contributed by atoms with Crippen LogP contribution in [-0.4, -0.2) is 58.8 Å². The number of piperidine rings is 1. The van der Waals surface area contributed by atoms with Crippen molar-refractivity contribution in [1.82, 2.24) is 25.4 Å². The van der Waals surface area contributed by atoms with Crippen molar-refractivity contribution in [2.75, 3.05) is 26.7 Å². The third-order valence-electron chi connectivity index (χ3n) is 4.70. The molecule has 0 aliphatic carbocycles. The van der Waals surface area contributed by atoms with E-state index in [4.69, 9.17) is 4.74 Å². The van der Waals surface area contributed by atoms with E-state index in [-0.39, 0.29) is 6.10 Å². The van der Waals surface area contributed by atoms with E-state index in [0.717, 1.165) is 43.5 Å².